The number of nitrogens with one attached hydrogen (secondary N) is 1. The van der Waals surface area contributed by atoms with Gasteiger partial charge in [0, 0.05) is 18.4 Å². The number of nitrogens with zero attached hydrogens (tertiary/aromatic N) is 1. The molecule has 1 aliphatic rings. The molecule has 3 heteroatoms. The molecule has 0 aromatic carbocycles. The summed E-state index contributed by atoms with van der Waals surface area (Å²) in [7, 11) is 0. The molecule has 1 atom stereocenters. The van der Waals surface area contributed by atoms with Crippen molar-refractivity contribution in [3.05, 3.63) is 65.3 Å². The molecule has 1 aromatic rings. The molecule has 0 aliphatic carbocycles. The van der Waals surface area contributed by atoms with Gasteiger partial charge < -0.3 is 10.1 Å². The highest BCUT2D eigenvalue weighted by molar-refractivity contribution is 5.43. The van der Waals surface area contributed by atoms with Crippen LogP contribution in [-0.2, 0) is 11.2 Å². The van der Waals surface area contributed by atoms with E-state index in [4.69, 9.17) is 4.74 Å². The Morgan fingerprint density at radius 2 is 2.26 bits per heavy atom. The molecule has 3 nitrogen and oxygen atoms in total. The second-order valence-electron chi connectivity index (χ2n) is 5.92. The Kier molecular flexibility index (Phi) is 6.92. The van der Waals surface area contributed by atoms with Crippen LogP contribution in [0.25, 0.3) is 0 Å². The van der Waals surface area contributed by atoms with Crippen molar-refractivity contribution in [2.24, 2.45) is 0 Å². The molecule has 1 N–H and O–H groups in total. The highest BCUT2D eigenvalue weighted by Gasteiger charge is 2.14. The summed E-state index contributed by atoms with van der Waals surface area (Å²) < 4.78 is 5.68. The SMILES string of the molecule is CCO/C(C)=C1\NC(C)C=C\C1=C\CCCCc1cccnc1. The van der Waals surface area contributed by atoms with Crippen LogP contribution in [0.3, 0.4) is 0 Å². The molecule has 23 heavy (non-hydrogen) atoms. The fourth-order valence-electron chi connectivity index (χ4n) is 2.73. The number of hydrogen-bond acceptors (Lipinski definition) is 3. The van der Waals surface area contributed by atoms with E-state index in [1.165, 1.54) is 24.0 Å². The van der Waals surface area contributed by atoms with Crippen molar-refractivity contribution in [2.45, 2.75) is 52.5 Å². The smallest absolute Gasteiger partial charge is 0.117 e. The van der Waals surface area contributed by atoms with Gasteiger partial charge in [-0.05, 0) is 63.7 Å². The van der Waals surface area contributed by atoms with Gasteiger partial charge in [-0.25, -0.2) is 0 Å². The van der Waals surface area contributed by atoms with Crippen LogP contribution in [0.2, 0.25) is 0 Å². The van der Waals surface area contributed by atoms with Crippen LogP contribution in [0.5, 0.6) is 0 Å². The Morgan fingerprint density at radius 1 is 1.39 bits per heavy atom. The number of rotatable bonds is 7. The molecule has 0 fully saturated rings. The third-order valence-electron chi connectivity index (χ3n) is 3.94. The lowest BCUT2D eigenvalue weighted by molar-refractivity contribution is 0.225. The van der Waals surface area contributed by atoms with E-state index in [0.29, 0.717) is 12.6 Å². The Balaban J connectivity index is 1.89. The number of aryl methyl sites for hydroxylation is 1. The van der Waals surface area contributed by atoms with Gasteiger partial charge in [0.2, 0.25) is 0 Å². The molecule has 2 rings (SSSR count). The molecule has 0 radical (unpaired) electrons. The molecule has 0 amide bonds. The predicted octanol–water partition coefficient (Wildman–Crippen LogP) is 4.54. The molecular weight excluding hydrogens is 284 g/mol. The van der Waals surface area contributed by atoms with Crippen LogP contribution in [-0.4, -0.2) is 17.6 Å². The minimum absolute atomic E-state index is 0.350. The van der Waals surface area contributed by atoms with Crippen molar-refractivity contribution in [1.82, 2.24) is 10.3 Å². The van der Waals surface area contributed by atoms with Crippen molar-refractivity contribution < 1.29 is 4.74 Å². The molecule has 0 saturated heterocycles. The topological polar surface area (TPSA) is 34.1 Å². The first-order chi connectivity index (χ1) is 11.2. The lowest BCUT2D eigenvalue weighted by Gasteiger charge is -2.23. The number of unbranched alkanes of at least 4 members (excludes halogenated alkanes) is 2. The van der Waals surface area contributed by atoms with Gasteiger partial charge >= 0.3 is 0 Å². The average Bonchev–Trinajstić information content (AvgIpc) is 2.57. The summed E-state index contributed by atoms with van der Waals surface area (Å²) in [6.07, 6.45) is 15.1. The van der Waals surface area contributed by atoms with E-state index in [1.54, 1.807) is 0 Å². The third kappa shape index (κ3) is 5.59. The van der Waals surface area contributed by atoms with Crippen LogP contribution >= 0.6 is 0 Å². The molecule has 1 aliphatic heterocycles. The fourth-order valence-corrected chi connectivity index (χ4v) is 2.73. The van der Waals surface area contributed by atoms with Gasteiger partial charge in [0.05, 0.1) is 12.3 Å². The molecule has 2 heterocycles. The zero-order chi connectivity index (χ0) is 16.5. The van der Waals surface area contributed by atoms with Gasteiger partial charge in [0.25, 0.3) is 0 Å². The summed E-state index contributed by atoms with van der Waals surface area (Å²) in [5.74, 6) is 0.977. The van der Waals surface area contributed by atoms with Crippen molar-refractivity contribution in [3.63, 3.8) is 0 Å². The quantitative estimate of drug-likeness (QED) is 0.593. The number of aromatic nitrogens is 1. The first kappa shape index (κ1) is 17.3. The second kappa shape index (κ2) is 9.19. The molecule has 0 saturated carbocycles. The number of hydrogen-bond donors (Lipinski definition) is 1. The summed E-state index contributed by atoms with van der Waals surface area (Å²) in [5, 5.41) is 3.51. The van der Waals surface area contributed by atoms with E-state index < -0.39 is 0 Å². The van der Waals surface area contributed by atoms with E-state index in [-0.39, 0.29) is 0 Å². The number of pyridine rings is 1. The van der Waals surface area contributed by atoms with Gasteiger partial charge in [-0.2, -0.15) is 0 Å². The van der Waals surface area contributed by atoms with Crippen LogP contribution in [0, 0.1) is 0 Å². The maximum atomic E-state index is 5.68. The maximum Gasteiger partial charge on any atom is 0.117 e. The van der Waals surface area contributed by atoms with Crippen molar-refractivity contribution in [2.75, 3.05) is 6.61 Å². The largest absolute Gasteiger partial charge is 0.496 e. The molecule has 124 valence electrons. The van der Waals surface area contributed by atoms with Gasteiger partial charge in [0.15, 0.2) is 0 Å². The Bertz CT molecular complexity index is 573. The van der Waals surface area contributed by atoms with Crippen LogP contribution in [0.1, 0.15) is 45.6 Å². The first-order valence-corrected chi connectivity index (χ1v) is 8.58. The molecule has 0 spiro atoms. The van der Waals surface area contributed by atoms with Crippen molar-refractivity contribution in [3.8, 4) is 0 Å². The number of ether oxygens (including phenoxy) is 1. The Morgan fingerprint density at radius 3 is 3.00 bits per heavy atom. The van der Waals surface area contributed by atoms with E-state index in [0.717, 1.165) is 24.3 Å². The highest BCUT2D eigenvalue weighted by Crippen LogP contribution is 2.21. The molecule has 1 unspecified atom stereocenters. The predicted molar refractivity (Wildman–Crippen MR) is 95.9 cm³/mol. The van der Waals surface area contributed by atoms with E-state index in [1.807, 2.05) is 32.3 Å². The molecular formula is C20H28N2O. The normalized spacial score (nSPS) is 21.2. The lowest BCUT2D eigenvalue weighted by atomic mass is 10.0. The van der Waals surface area contributed by atoms with E-state index in [2.05, 4.69) is 41.5 Å². The minimum atomic E-state index is 0.350. The van der Waals surface area contributed by atoms with Crippen LogP contribution in [0.4, 0.5) is 0 Å². The van der Waals surface area contributed by atoms with E-state index >= 15 is 0 Å². The summed E-state index contributed by atoms with van der Waals surface area (Å²) >= 11 is 0. The zero-order valence-corrected chi connectivity index (χ0v) is 14.5. The van der Waals surface area contributed by atoms with Crippen molar-refractivity contribution >= 4 is 0 Å². The standard InChI is InChI=1S/C20H28N2O/c1-4-23-17(3)20-19(13-12-16(2)22-20)11-7-5-6-9-18-10-8-14-21-15-18/h8,10-16,22H,4-7,9H2,1-3H3/b19-11-,20-17-. The summed E-state index contributed by atoms with van der Waals surface area (Å²) in [6.45, 7) is 6.91. The second-order valence-corrected chi connectivity index (χ2v) is 5.92. The fraction of sp³-hybridized carbons (Fsp3) is 0.450. The highest BCUT2D eigenvalue weighted by atomic mass is 16.5. The van der Waals surface area contributed by atoms with Gasteiger partial charge in [-0.3, -0.25) is 4.98 Å². The average molecular weight is 312 g/mol. The monoisotopic (exact) mass is 312 g/mol. The number of allylic oxidation sites excluding steroid dienone is 3. The summed E-state index contributed by atoms with van der Waals surface area (Å²) in [4.78, 5) is 4.16. The lowest BCUT2D eigenvalue weighted by Crippen LogP contribution is -2.28. The summed E-state index contributed by atoms with van der Waals surface area (Å²) in [5.41, 5.74) is 3.70. The van der Waals surface area contributed by atoms with Crippen molar-refractivity contribution in [1.29, 1.82) is 0 Å². The molecule has 0 bridgehead atoms. The zero-order valence-electron chi connectivity index (χ0n) is 14.5. The Labute approximate surface area is 140 Å². The third-order valence-corrected chi connectivity index (χ3v) is 3.94. The van der Waals surface area contributed by atoms with Gasteiger partial charge in [-0.1, -0.05) is 24.3 Å². The summed E-state index contributed by atoms with van der Waals surface area (Å²) in [6, 6.07) is 4.50. The Hall–Kier alpha value is -2.03. The minimum Gasteiger partial charge on any atom is -0.496 e. The molecule has 1 aromatic heterocycles. The maximum absolute atomic E-state index is 5.68. The van der Waals surface area contributed by atoms with Gasteiger partial charge in [-0.15, -0.1) is 0 Å². The van der Waals surface area contributed by atoms with E-state index in [9.17, 15) is 0 Å². The first-order valence-electron chi connectivity index (χ1n) is 8.58. The van der Waals surface area contributed by atoms with Gasteiger partial charge in [0.1, 0.15) is 5.76 Å². The van der Waals surface area contributed by atoms with Crippen LogP contribution < -0.4 is 5.32 Å². The van der Waals surface area contributed by atoms with Crippen LogP contribution in [0.15, 0.2) is 59.8 Å².